The standard InChI is InChI=1S/C39H35FN8O2/c40-30-13-8-16-36(37(30)32-17-29(38(41)45-44-32)24-9-2-1-3-10-24)50-35-15-7-4-11-25(35)19-47-20-26-22-48(23-27(26)21-47)33-18-31(43-46-39(33)42)28-12-5-6-14-34(28)49/h1-18,26-27,49H,19-23H2,(H2,41,45)(H2,42,46)/t26-,27+. The van der Waals surface area contributed by atoms with Gasteiger partial charge in [0.25, 0.3) is 0 Å². The number of phenols is 1. The molecule has 2 atom stereocenters. The Bertz CT molecular complexity index is 2170. The number of hydrogen-bond donors (Lipinski definition) is 3. The number of rotatable bonds is 8. The van der Waals surface area contributed by atoms with Crippen LogP contribution < -0.4 is 21.1 Å². The lowest BCUT2D eigenvalue weighted by molar-refractivity contribution is 0.304. The van der Waals surface area contributed by atoms with Crippen LogP contribution in [0.15, 0.2) is 109 Å². The number of nitrogen functional groups attached to an aromatic ring is 2. The van der Waals surface area contributed by atoms with E-state index >= 15 is 4.39 Å². The highest BCUT2D eigenvalue weighted by Crippen LogP contribution is 2.41. The molecule has 2 aliphatic rings. The Hall–Kier alpha value is -6.07. The Morgan fingerprint density at radius 3 is 2.16 bits per heavy atom. The van der Waals surface area contributed by atoms with Gasteiger partial charge in [0, 0.05) is 49.4 Å². The van der Waals surface area contributed by atoms with Crippen LogP contribution in [0.4, 0.5) is 21.7 Å². The first kappa shape index (κ1) is 31.2. The summed E-state index contributed by atoms with van der Waals surface area (Å²) in [5, 5.41) is 27.2. The molecule has 0 saturated carbocycles. The Labute approximate surface area is 288 Å². The molecule has 8 rings (SSSR count). The number of anilines is 3. The fourth-order valence-electron chi connectivity index (χ4n) is 7.19. The van der Waals surface area contributed by atoms with Crippen LogP contribution in [0, 0.1) is 17.7 Å². The Balaban J connectivity index is 0.989. The third-order valence-corrected chi connectivity index (χ3v) is 9.61. The number of phenolic OH excluding ortho intramolecular Hbond substituents is 1. The van der Waals surface area contributed by atoms with Crippen molar-refractivity contribution < 1.29 is 14.2 Å². The van der Waals surface area contributed by atoms with Gasteiger partial charge in [-0.05, 0) is 59.9 Å². The fourth-order valence-corrected chi connectivity index (χ4v) is 7.19. The summed E-state index contributed by atoms with van der Waals surface area (Å²) >= 11 is 0. The molecule has 0 unspecified atom stereocenters. The summed E-state index contributed by atoms with van der Waals surface area (Å²) in [7, 11) is 0. The smallest absolute Gasteiger partial charge is 0.169 e. The van der Waals surface area contributed by atoms with E-state index in [9.17, 15) is 5.11 Å². The second kappa shape index (κ2) is 13.1. The van der Waals surface area contributed by atoms with Crippen molar-refractivity contribution in [1.82, 2.24) is 25.3 Å². The normalized spacial score (nSPS) is 17.2. The second-order valence-corrected chi connectivity index (χ2v) is 12.9. The number of hydrogen-bond acceptors (Lipinski definition) is 10. The zero-order valence-corrected chi connectivity index (χ0v) is 27.2. The molecule has 5 N–H and O–H groups in total. The average Bonchev–Trinajstić information content (AvgIpc) is 3.70. The minimum absolute atomic E-state index is 0.153. The molecule has 0 bridgehead atoms. The molecule has 0 aliphatic carbocycles. The van der Waals surface area contributed by atoms with E-state index in [4.69, 9.17) is 16.2 Å². The Morgan fingerprint density at radius 2 is 1.36 bits per heavy atom. The van der Waals surface area contributed by atoms with Gasteiger partial charge in [-0.2, -0.15) is 0 Å². The third-order valence-electron chi connectivity index (χ3n) is 9.61. The fraction of sp³-hybridized carbons (Fsp3) is 0.179. The molecule has 6 aromatic rings. The minimum Gasteiger partial charge on any atom is -0.507 e. The van der Waals surface area contributed by atoms with Gasteiger partial charge in [0.1, 0.15) is 28.8 Å². The first-order valence-corrected chi connectivity index (χ1v) is 16.5. The van der Waals surface area contributed by atoms with Crippen molar-refractivity contribution in [1.29, 1.82) is 0 Å². The Morgan fingerprint density at radius 1 is 0.680 bits per heavy atom. The summed E-state index contributed by atoms with van der Waals surface area (Å²) in [6, 6.07) is 33.0. The SMILES string of the molecule is Nc1nnc(-c2c(F)cccc2Oc2ccccc2CN2C[C@@H]3CN(c4cc(-c5ccccc5O)nnc4N)C[C@@H]3C2)cc1-c1ccccc1. The molecule has 0 radical (unpaired) electrons. The van der Waals surface area contributed by atoms with Crippen molar-refractivity contribution >= 4 is 17.3 Å². The maximum absolute atomic E-state index is 15.5. The highest BCUT2D eigenvalue weighted by atomic mass is 19.1. The van der Waals surface area contributed by atoms with E-state index in [1.165, 1.54) is 6.07 Å². The van der Waals surface area contributed by atoms with Gasteiger partial charge in [0.15, 0.2) is 11.6 Å². The zero-order valence-electron chi connectivity index (χ0n) is 27.2. The number of nitrogens with two attached hydrogens (primary N) is 2. The summed E-state index contributed by atoms with van der Waals surface area (Å²) < 4.78 is 22.0. The van der Waals surface area contributed by atoms with Gasteiger partial charge < -0.3 is 26.2 Å². The first-order valence-electron chi connectivity index (χ1n) is 16.5. The van der Waals surface area contributed by atoms with E-state index in [0.29, 0.717) is 58.2 Å². The van der Waals surface area contributed by atoms with Crippen LogP contribution in [0.1, 0.15) is 5.56 Å². The van der Waals surface area contributed by atoms with Crippen molar-refractivity contribution in [3.63, 3.8) is 0 Å². The molecule has 250 valence electrons. The molecule has 0 amide bonds. The van der Waals surface area contributed by atoms with Gasteiger partial charge in [-0.25, -0.2) is 4.39 Å². The largest absolute Gasteiger partial charge is 0.507 e. The first-order chi connectivity index (χ1) is 24.4. The molecule has 4 aromatic carbocycles. The summed E-state index contributed by atoms with van der Waals surface area (Å²) in [4.78, 5) is 4.73. The van der Waals surface area contributed by atoms with E-state index in [1.54, 1.807) is 30.3 Å². The predicted octanol–water partition coefficient (Wildman–Crippen LogP) is 6.64. The maximum Gasteiger partial charge on any atom is 0.169 e. The van der Waals surface area contributed by atoms with Crippen molar-refractivity contribution in [2.45, 2.75) is 6.54 Å². The number of nitrogens with zero attached hydrogens (tertiary/aromatic N) is 6. The van der Waals surface area contributed by atoms with Crippen LogP contribution in [-0.2, 0) is 6.54 Å². The van der Waals surface area contributed by atoms with Crippen LogP contribution in [0.5, 0.6) is 17.2 Å². The van der Waals surface area contributed by atoms with Gasteiger partial charge in [-0.3, -0.25) is 4.90 Å². The quantitative estimate of drug-likeness (QED) is 0.162. The zero-order chi connectivity index (χ0) is 34.2. The van der Waals surface area contributed by atoms with Gasteiger partial charge in [0.2, 0.25) is 0 Å². The number of ether oxygens (including phenoxy) is 1. The molecule has 2 fully saturated rings. The van der Waals surface area contributed by atoms with Crippen LogP contribution in [0.25, 0.3) is 33.6 Å². The summed E-state index contributed by atoms with van der Waals surface area (Å²) in [5.41, 5.74) is 17.6. The van der Waals surface area contributed by atoms with E-state index in [1.807, 2.05) is 66.7 Å². The van der Waals surface area contributed by atoms with Crippen LogP contribution in [-0.4, -0.2) is 56.6 Å². The second-order valence-electron chi connectivity index (χ2n) is 12.9. The topological polar surface area (TPSA) is 140 Å². The van der Waals surface area contributed by atoms with Gasteiger partial charge in [0.05, 0.1) is 16.9 Å². The number of aromatic nitrogens is 4. The number of para-hydroxylation sites is 2. The Kier molecular flexibility index (Phi) is 8.17. The van der Waals surface area contributed by atoms with Crippen molar-refractivity contribution in [2.75, 3.05) is 42.5 Å². The molecule has 4 heterocycles. The number of fused-ring (bicyclic) bond motifs is 1. The average molecular weight is 667 g/mol. The van der Waals surface area contributed by atoms with Gasteiger partial charge >= 0.3 is 0 Å². The van der Waals surface area contributed by atoms with Crippen molar-refractivity contribution in [3.05, 3.63) is 121 Å². The summed E-state index contributed by atoms with van der Waals surface area (Å²) in [5.74, 6) is 2.22. The van der Waals surface area contributed by atoms with E-state index in [0.717, 1.165) is 43.0 Å². The molecular formula is C39H35FN8O2. The molecule has 2 aliphatic heterocycles. The van der Waals surface area contributed by atoms with Crippen LogP contribution in [0.3, 0.4) is 0 Å². The number of halogens is 1. The highest BCUT2D eigenvalue weighted by molar-refractivity contribution is 5.79. The minimum atomic E-state index is -0.465. The number of likely N-dealkylation sites (tertiary alicyclic amines) is 1. The van der Waals surface area contributed by atoms with Crippen molar-refractivity contribution in [3.8, 4) is 50.9 Å². The molecule has 2 aromatic heterocycles. The lowest BCUT2D eigenvalue weighted by Crippen LogP contribution is -2.29. The summed E-state index contributed by atoms with van der Waals surface area (Å²) in [6.07, 6.45) is 0. The molecule has 50 heavy (non-hydrogen) atoms. The highest BCUT2D eigenvalue weighted by Gasteiger charge is 2.41. The number of benzene rings is 4. The van der Waals surface area contributed by atoms with Gasteiger partial charge in [-0.15, -0.1) is 20.4 Å². The molecule has 10 nitrogen and oxygen atoms in total. The van der Waals surface area contributed by atoms with Crippen LogP contribution in [0.2, 0.25) is 0 Å². The molecule has 2 saturated heterocycles. The third kappa shape index (κ3) is 6.03. The molecule has 0 spiro atoms. The predicted molar refractivity (Wildman–Crippen MR) is 192 cm³/mol. The van der Waals surface area contributed by atoms with Crippen molar-refractivity contribution in [2.24, 2.45) is 11.8 Å². The monoisotopic (exact) mass is 666 g/mol. The van der Waals surface area contributed by atoms with E-state index in [2.05, 4.69) is 36.3 Å². The van der Waals surface area contributed by atoms with E-state index in [-0.39, 0.29) is 17.1 Å². The maximum atomic E-state index is 15.5. The lowest BCUT2D eigenvalue weighted by atomic mass is 10.0. The van der Waals surface area contributed by atoms with E-state index < -0.39 is 5.82 Å². The lowest BCUT2D eigenvalue weighted by Gasteiger charge is -2.24. The molecular weight excluding hydrogens is 631 g/mol. The molecule has 11 heteroatoms. The van der Waals surface area contributed by atoms with Crippen LogP contribution >= 0.6 is 0 Å². The number of aromatic hydroxyl groups is 1. The van der Waals surface area contributed by atoms with Gasteiger partial charge in [-0.1, -0.05) is 66.7 Å². The summed E-state index contributed by atoms with van der Waals surface area (Å²) in [6.45, 7) is 4.19.